The second-order valence-corrected chi connectivity index (χ2v) is 5.42. The van der Waals surface area contributed by atoms with E-state index in [0.29, 0.717) is 0 Å². The van der Waals surface area contributed by atoms with Crippen LogP contribution in [0.1, 0.15) is 0 Å². The maximum Gasteiger partial charge on any atom is 0.573 e. The fourth-order valence-corrected chi connectivity index (χ4v) is 2.48. The van der Waals surface area contributed by atoms with Crippen molar-refractivity contribution in [1.29, 1.82) is 0 Å². The predicted octanol–water partition coefficient (Wildman–Crippen LogP) is 4.81. The molecule has 1 aromatic heterocycles. The Hall–Kier alpha value is -3.82. The van der Waals surface area contributed by atoms with Gasteiger partial charge in [-0.3, -0.25) is 0 Å². The molecule has 3 aromatic rings. The first-order valence-electron chi connectivity index (χ1n) is 7.76. The van der Waals surface area contributed by atoms with Gasteiger partial charge in [-0.25, -0.2) is 9.59 Å². The molecule has 0 aliphatic rings. The van der Waals surface area contributed by atoms with Crippen LogP contribution in [0.25, 0.3) is 21.9 Å². The molecule has 0 fully saturated rings. The highest BCUT2D eigenvalue weighted by atomic mass is 19.4. The number of benzene rings is 2. The van der Waals surface area contributed by atoms with Crippen LogP contribution in [0, 0.1) is 5.82 Å². The molecule has 0 bridgehead atoms. The van der Waals surface area contributed by atoms with Crippen molar-refractivity contribution in [1.82, 2.24) is 0 Å². The summed E-state index contributed by atoms with van der Waals surface area (Å²) < 4.78 is 72.0. The number of hydrogen-bond acceptors (Lipinski definition) is 6. The summed E-state index contributed by atoms with van der Waals surface area (Å²) in [7, 11) is 0. The van der Waals surface area contributed by atoms with Crippen molar-refractivity contribution in [3.8, 4) is 17.2 Å². The molecular formula is C19H10F4O6. The number of furan rings is 1. The molecule has 0 saturated carbocycles. The molecule has 6 nitrogen and oxygen atoms in total. The van der Waals surface area contributed by atoms with E-state index in [1.54, 1.807) is 0 Å². The Labute approximate surface area is 159 Å². The molecule has 0 spiro atoms. The van der Waals surface area contributed by atoms with E-state index < -0.39 is 52.5 Å². The monoisotopic (exact) mass is 410 g/mol. The number of hydrogen-bond donors (Lipinski definition) is 0. The van der Waals surface area contributed by atoms with Crippen LogP contribution >= 0.6 is 0 Å². The second kappa shape index (κ2) is 7.30. The van der Waals surface area contributed by atoms with Crippen LogP contribution in [0.15, 0.2) is 54.0 Å². The van der Waals surface area contributed by atoms with E-state index >= 15 is 0 Å². The number of carbonyl (C=O) groups is 2. The normalized spacial score (nSPS) is 11.3. The highest BCUT2D eigenvalue weighted by molar-refractivity contribution is 6.08. The minimum Gasteiger partial charge on any atom is -0.449 e. The minimum atomic E-state index is -5.16. The van der Waals surface area contributed by atoms with E-state index in [2.05, 4.69) is 17.9 Å². The molecule has 150 valence electrons. The largest absolute Gasteiger partial charge is 0.573 e. The zero-order valence-electron chi connectivity index (χ0n) is 14.3. The molecule has 0 N–H and O–H groups in total. The summed E-state index contributed by atoms with van der Waals surface area (Å²) in [6.07, 6.45) is -3.62. The number of alkyl halides is 3. The van der Waals surface area contributed by atoms with Gasteiger partial charge in [-0.2, -0.15) is 4.39 Å². The van der Waals surface area contributed by atoms with Crippen molar-refractivity contribution < 1.29 is 45.8 Å². The number of halogens is 4. The zero-order valence-corrected chi connectivity index (χ0v) is 14.3. The molecule has 1 heterocycles. The molecule has 10 heteroatoms. The number of fused-ring (bicyclic) bond motifs is 3. The van der Waals surface area contributed by atoms with Crippen molar-refractivity contribution in [3.05, 3.63) is 55.4 Å². The van der Waals surface area contributed by atoms with Crippen molar-refractivity contribution in [3.63, 3.8) is 0 Å². The SMILES string of the molecule is C=CC(=O)Oc1ccc2c(oc3c(OC(F)(F)F)c(OC(=O)C=C)ccc32)c1F. The molecule has 0 radical (unpaired) electrons. The van der Waals surface area contributed by atoms with Crippen LogP contribution in [0.2, 0.25) is 0 Å². The average Bonchev–Trinajstić information content (AvgIpc) is 3.04. The van der Waals surface area contributed by atoms with E-state index in [1.165, 1.54) is 12.1 Å². The Balaban J connectivity index is 2.26. The lowest BCUT2D eigenvalue weighted by Gasteiger charge is -2.12. The lowest BCUT2D eigenvalue weighted by atomic mass is 10.1. The van der Waals surface area contributed by atoms with Gasteiger partial charge in [0.15, 0.2) is 22.7 Å². The van der Waals surface area contributed by atoms with Crippen LogP contribution < -0.4 is 14.2 Å². The Morgan fingerprint density at radius 1 is 0.897 bits per heavy atom. The van der Waals surface area contributed by atoms with Crippen molar-refractivity contribution in [2.75, 3.05) is 0 Å². The van der Waals surface area contributed by atoms with Crippen LogP contribution in [0.4, 0.5) is 17.6 Å². The Morgan fingerprint density at radius 3 is 1.97 bits per heavy atom. The van der Waals surface area contributed by atoms with Gasteiger partial charge in [0.25, 0.3) is 0 Å². The first-order chi connectivity index (χ1) is 13.6. The topological polar surface area (TPSA) is 75.0 Å². The van der Waals surface area contributed by atoms with Gasteiger partial charge in [0, 0.05) is 22.9 Å². The fraction of sp³-hybridized carbons (Fsp3) is 0.0526. The number of carbonyl (C=O) groups excluding carboxylic acids is 2. The van der Waals surface area contributed by atoms with E-state index in [1.807, 2.05) is 0 Å². The maximum absolute atomic E-state index is 14.7. The number of ether oxygens (including phenoxy) is 3. The van der Waals surface area contributed by atoms with Gasteiger partial charge in [-0.15, -0.1) is 13.2 Å². The van der Waals surface area contributed by atoms with Crippen LogP contribution in [-0.2, 0) is 9.59 Å². The van der Waals surface area contributed by atoms with E-state index in [0.717, 1.165) is 24.3 Å². The molecule has 2 aromatic carbocycles. The Kier molecular flexibility index (Phi) is 5.02. The van der Waals surface area contributed by atoms with Gasteiger partial charge in [-0.1, -0.05) is 13.2 Å². The summed E-state index contributed by atoms with van der Waals surface area (Å²) in [5.41, 5.74) is -1.02. The van der Waals surface area contributed by atoms with E-state index in [9.17, 15) is 27.2 Å². The fourth-order valence-electron chi connectivity index (χ4n) is 2.48. The second-order valence-electron chi connectivity index (χ2n) is 5.42. The highest BCUT2D eigenvalue weighted by Crippen LogP contribution is 2.44. The molecule has 0 atom stereocenters. The standard InChI is InChI=1S/C19H10F4O6/c1-3-13(24)26-11-7-5-9-10-6-8-12(27-14(25)4-2)18(29-19(21,22)23)17(10)28-16(9)15(11)20/h3-8H,1-2H2. The quantitative estimate of drug-likeness (QED) is 0.260. The third-order valence-corrected chi connectivity index (χ3v) is 3.60. The van der Waals surface area contributed by atoms with Crippen molar-refractivity contribution >= 4 is 33.9 Å². The van der Waals surface area contributed by atoms with E-state index in [4.69, 9.17) is 13.9 Å². The van der Waals surface area contributed by atoms with E-state index in [-0.39, 0.29) is 10.8 Å². The molecule has 3 rings (SSSR count). The predicted molar refractivity (Wildman–Crippen MR) is 92.0 cm³/mol. The Bertz CT molecular complexity index is 1160. The van der Waals surface area contributed by atoms with Crippen molar-refractivity contribution in [2.45, 2.75) is 6.36 Å². The first-order valence-corrected chi connectivity index (χ1v) is 7.76. The summed E-state index contributed by atoms with van der Waals surface area (Å²) in [6.45, 7) is 6.33. The van der Waals surface area contributed by atoms with Gasteiger partial charge in [-0.05, 0) is 24.3 Å². The molecule has 0 unspecified atom stereocenters. The summed E-state index contributed by atoms with van der Waals surface area (Å²) >= 11 is 0. The highest BCUT2D eigenvalue weighted by Gasteiger charge is 2.35. The Morgan fingerprint density at radius 2 is 1.41 bits per heavy atom. The van der Waals surface area contributed by atoms with Crippen LogP contribution in [0.5, 0.6) is 17.2 Å². The maximum atomic E-state index is 14.7. The van der Waals surface area contributed by atoms with Gasteiger partial charge in [0.2, 0.25) is 11.6 Å². The molecular weight excluding hydrogens is 400 g/mol. The van der Waals surface area contributed by atoms with Crippen molar-refractivity contribution in [2.24, 2.45) is 0 Å². The van der Waals surface area contributed by atoms with Gasteiger partial charge >= 0.3 is 18.3 Å². The number of rotatable bonds is 5. The molecule has 0 amide bonds. The van der Waals surface area contributed by atoms with Crippen LogP contribution in [0.3, 0.4) is 0 Å². The van der Waals surface area contributed by atoms with Gasteiger partial charge in [0.05, 0.1) is 0 Å². The summed E-state index contributed by atoms with van der Waals surface area (Å²) in [6, 6.07) is 4.67. The molecule has 0 saturated heterocycles. The summed E-state index contributed by atoms with van der Waals surface area (Å²) in [5, 5.41) is 0.114. The van der Waals surface area contributed by atoms with Crippen LogP contribution in [-0.4, -0.2) is 18.3 Å². The molecule has 0 aliphatic heterocycles. The minimum absolute atomic E-state index is 0.0400. The molecule has 29 heavy (non-hydrogen) atoms. The molecule has 0 aliphatic carbocycles. The average molecular weight is 410 g/mol. The van der Waals surface area contributed by atoms with Gasteiger partial charge < -0.3 is 18.6 Å². The first kappa shape index (κ1) is 19.9. The summed E-state index contributed by atoms with van der Waals surface area (Å²) in [4.78, 5) is 22.7. The summed E-state index contributed by atoms with van der Waals surface area (Å²) in [5.74, 6) is -5.23. The lowest BCUT2D eigenvalue weighted by Crippen LogP contribution is -2.18. The van der Waals surface area contributed by atoms with Gasteiger partial charge in [0.1, 0.15) is 0 Å². The third kappa shape index (κ3) is 3.91. The third-order valence-electron chi connectivity index (χ3n) is 3.60. The number of esters is 2. The zero-order chi connectivity index (χ0) is 21.3. The smallest absolute Gasteiger partial charge is 0.449 e. The lowest BCUT2D eigenvalue weighted by molar-refractivity contribution is -0.274.